The summed E-state index contributed by atoms with van der Waals surface area (Å²) < 4.78 is 17.4. The van der Waals surface area contributed by atoms with E-state index in [4.69, 9.17) is 4.18 Å². The Hall–Kier alpha value is -1.02. The minimum atomic E-state index is -0.517. The second-order valence-electron chi connectivity index (χ2n) is 3.27. The van der Waals surface area contributed by atoms with Crippen molar-refractivity contribution >= 4 is 39.7 Å². The lowest BCUT2D eigenvalue weighted by atomic mass is 10.1. The Bertz CT molecular complexity index is 472. The zero-order chi connectivity index (χ0) is 15.2. The van der Waals surface area contributed by atoms with E-state index in [9.17, 15) is 14.0 Å². The smallest absolute Gasteiger partial charge is 0.299 e. The molecule has 0 unspecified atom stereocenters. The maximum absolute atomic E-state index is 12.2. The third-order valence-corrected chi connectivity index (χ3v) is 3.57. The first-order valence-corrected chi connectivity index (χ1v) is 6.99. The van der Waals surface area contributed by atoms with Gasteiger partial charge in [-0.1, -0.05) is 13.8 Å². The number of benzene rings is 1. The molecule has 0 fully saturated rings. The van der Waals surface area contributed by atoms with Crippen molar-refractivity contribution in [1.82, 2.24) is 0 Å². The number of rotatable bonds is 4. The monoisotopic (exact) mass is 354 g/mol. The van der Waals surface area contributed by atoms with Crippen LogP contribution in [0.5, 0.6) is 5.75 Å². The first-order valence-electron chi connectivity index (χ1n) is 5.55. The van der Waals surface area contributed by atoms with Gasteiger partial charge in [-0.05, 0) is 35.3 Å². The van der Waals surface area contributed by atoms with E-state index in [2.05, 4.69) is 21.2 Å². The van der Waals surface area contributed by atoms with E-state index in [1.54, 1.807) is 14.0 Å². The average Bonchev–Trinajstić information content (AvgIpc) is 2.40. The van der Waals surface area contributed by atoms with Gasteiger partial charge in [-0.3, -0.25) is 10.1 Å². The lowest BCUT2D eigenvalue weighted by Crippen LogP contribution is -2.03. The topological polar surface area (TPSA) is 64.4 Å². The number of hydrogen-bond donors (Lipinski definition) is 1. The molecule has 0 atom stereocenters. The SMILES string of the molecule is CC.CNc1c(C)c(Br)c(OSF)c(C)c1[N+](=O)[O-]. The minimum absolute atomic E-state index is 0.114. The van der Waals surface area contributed by atoms with Gasteiger partial charge in [0.05, 0.1) is 15.0 Å². The highest BCUT2D eigenvalue weighted by atomic mass is 79.9. The molecule has 1 N–H and O–H groups in total. The molecule has 0 heterocycles. The van der Waals surface area contributed by atoms with Gasteiger partial charge >= 0.3 is 0 Å². The molecular weight excluding hydrogens is 339 g/mol. The van der Waals surface area contributed by atoms with Gasteiger partial charge in [0.1, 0.15) is 5.69 Å². The van der Waals surface area contributed by atoms with E-state index in [1.165, 1.54) is 6.92 Å². The standard InChI is InChI=1S/C9H10BrFN2O3S.C2H6/c1-4-6(10)9(16-17-11)5(2)8(13(14)15)7(4)12-3;1-2/h12H,1-3H3;1-2H3. The summed E-state index contributed by atoms with van der Waals surface area (Å²) in [7, 11) is 1.59. The molecule has 0 aromatic heterocycles. The van der Waals surface area contributed by atoms with Gasteiger partial charge in [-0.15, -0.1) is 3.89 Å². The van der Waals surface area contributed by atoms with Crippen LogP contribution in [-0.2, 0) is 0 Å². The predicted octanol–water partition coefficient (Wildman–Crippen LogP) is 4.95. The van der Waals surface area contributed by atoms with Gasteiger partial charge in [0, 0.05) is 7.05 Å². The lowest BCUT2D eigenvalue weighted by molar-refractivity contribution is -0.384. The quantitative estimate of drug-likeness (QED) is 0.470. The molecule has 0 aliphatic heterocycles. The van der Waals surface area contributed by atoms with Crippen LogP contribution < -0.4 is 9.50 Å². The summed E-state index contributed by atoms with van der Waals surface area (Å²) in [6, 6.07) is 0. The Morgan fingerprint density at radius 3 is 2.26 bits per heavy atom. The number of nitrogens with zero attached hydrogens (tertiary/aromatic N) is 1. The molecule has 8 heteroatoms. The van der Waals surface area contributed by atoms with E-state index in [1.807, 2.05) is 13.8 Å². The average molecular weight is 355 g/mol. The summed E-state index contributed by atoms with van der Waals surface area (Å²) in [5.41, 5.74) is 1.13. The van der Waals surface area contributed by atoms with Gasteiger partial charge in [-0.25, -0.2) is 0 Å². The van der Waals surface area contributed by atoms with E-state index >= 15 is 0 Å². The van der Waals surface area contributed by atoms with Crippen LogP contribution in [-0.4, -0.2) is 12.0 Å². The van der Waals surface area contributed by atoms with Gasteiger partial charge < -0.3 is 9.50 Å². The second kappa shape index (κ2) is 8.21. The van der Waals surface area contributed by atoms with Crippen molar-refractivity contribution < 1.29 is 13.0 Å². The Morgan fingerprint density at radius 1 is 1.37 bits per heavy atom. The van der Waals surface area contributed by atoms with Crippen molar-refractivity contribution in [3.63, 3.8) is 0 Å². The van der Waals surface area contributed by atoms with Gasteiger partial charge in [0.15, 0.2) is 5.75 Å². The lowest BCUT2D eigenvalue weighted by Gasteiger charge is -2.14. The van der Waals surface area contributed by atoms with Crippen molar-refractivity contribution in [3.8, 4) is 5.75 Å². The maximum Gasteiger partial charge on any atom is 0.299 e. The molecule has 1 aromatic carbocycles. The zero-order valence-electron chi connectivity index (χ0n) is 11.3. The van der Waals surface area contributed by atoms with Crippen LogP contribution in [0, 0.1) is 24.0 Å². The molecule has 1 rings (SSSR count). The number of nitrogens with one attached hydrogen (secondary N) is 1. The van der Waals surface area contributed by atoms with Crippen molar-refractivity contribution in [2.75, 3.05) is 12.4 Å². The zero-order valence-corrected chi connectivity index (χ0v) is 13.7. The second-order valence-corrected chi connectivity index (χ2v) is 4.36. The van der Waals surface area contributed by atoms with Crippen LogP contribution in [0.3, 0.4) is 0 Å². The number of nitro benzene ring substituents is 1. The predicted molar refractivity (Wildman–Crippen MR) is 80.5 cm³/mol. The maximum atomic E-state index is 12.2. The van der Waals surface area contributed by atoms with Crippen molar-refractivity contribution in [1.29, 1.82) is 0 Å². The summed E-state index contributed by atoms with van der Waals surface area (Å²) >= 11 is 2.89. The molecule has 0 saturated heterocycles. The van der Waals surface area contributed by atoms with Crippen molar-refractivity contribution in [2.24, 2.45) is 0 Å². The fraction of sp³-hybridized carbons (Fsp3) is 0.455. The van der Waals surface area contributed by atoms with Crippen molar-refractivity contribution in [3.05, 3.63) is 25.7 Å². The highest BCUT2D eigenvalue weighted by Crippen LogP contribution is 2.45. The Labute approximate surface area is 124 Å². The third kappa shape index (κ3) is 3.73. The van der Waals surface area contributed by atoms with E-state index in [0.29, 0.717) is 15.7 Å². The largest absolute Gasteiger partial charge is 0.395 e. The van der Waals surface area contributed by atoms with Crippen LogP contribution in [0.1, 0.15) is 25.0 Å². The molecule has 19 heavy (non-hydrogen) atoms. The van der Waals surface area contributed by atoms with Crippen LogP contribution in [0.15, 0.2) is 4.47 Å². The van der Waals surface area contributed by atoms with E-state index in [0.717, 1.165) is 0 Å². The summed E-state index contributed by atoms with van der Waals surface area (Å²) in [4.78, 5) is 10.5. The number of hydrogen-bond acceptors (Lipinski definition) is 5. The fourth-order valence-electron chi connectivity index (χ4n) is 1.58. The van der Waals surface area contributed by atoms with Gasteiger partial charge in [-0.2, -0.15) is 0 Å². The highest BCUT2D eigenvalue weighted by molar-refractivity contribution is 9.10. The molecule has 0 aliphatic carbocycles. The van der Waals surface area contributed by atoms with Crippen LogP contribution >= 0.6 is 28.4 Å². The number of nitro groups is 1. The first-order chi connectivity index (χ1) is 8.95. The number of halogens is 2. The molecule has 0 spiro atoms. The molecule has 0 amide bonds. The van der Waals surface area contributed by atoms with Crippen LogP contribution in [0.2, 0.25) is 0 Å². The molecule has 0 saturated carbocycles. The van der Waals surface area contributed by atoms with E-state index < -0.39 is 4.92 Å². The number of anilines is 1. The normalized spacial score (nSPS) is 9.42. The van der Waals surface area contributed by atoms with Crippen molar-refractivity contribution in [2.45, 2.75) is 27.7 Å². The molecule has 0 aliphatic rings. The first kappa shape index (κ1) is 18.0. The summed E-state index contributed by atoms with van der Waals surface area (Å²) in [5, 5.41) is 13.8. The molecule has 108 valence electrons. The van der Waals surface area contributed by atoms with Gasteiger partial charge in [0.25, 0.3) is 18.1 Å². The molecule has 5 nitrogen and oxygen atoms in total. The summed E-state index contributed by atoms with van der Waals surface area (Å²) in [5.74, 6) is 0.126. The van der Waals surface area contributed by atoms with E-state index in [-0.39, 0.29) is 29.4 Å². The molecule has 0 radical (unpaired) electrons. The summed E-state index contributed by atoms with van der Waals surface area (Å²) in [6.45, 7) is 7.19. The third-order valence-electron chi connectivity index (χ3n) is 2.38. The molecular formula is C11H16BrFN2O3S. The molecule has 0 bridgehead atoms. The Balaban J connectivity index is 0.00000154. The van der Waals surface area contributed by atoms with Gasteiger partial charge in [0.2, 0.25) is 0 Å². The highest BCUT2D eigenvalue weighted by Gasteiger charge is 2.26. The Morgan fingerprint density at radius 2 is 1.89 bits per heavy atom. The molecule has 1 aromatic rings. The Kier molecular flexibility index (Phi) is 7.77. The minimum Gasteiger partial charge on any atom is -0.395 e. The van der Waals surface area contributed by atoms with Crippen LogP contribution in [0.4, 0.5) is 15.3 Å². The van der Waals surface area contributed by atoms with Crippen LogP contribution in [0.25, 0.3) is 0 Å². The fourth-order valence-corrected chi connectivity index (χ4v) is 2.54. The summed E-state index contributed by atoms with van der Waals surface area (Å²) in [6.07, 6.45) is 0.